The molecule has 2 atom stereocenters. The molecule has 3 aliphatic heterocycles. The highest BCUT2D eigenvalue weighted by atomic mass is 16.2. The molecule has 5 heterocycles. The number of rotatable bonds is 4. The number of hydrogen-bond acceptors (Lipinski definition) is 6. The van der Waals surface area contributed by atoms with Crippen molar-refractivity contribution in [3.05, 3.63) is 71.3 Å². The second-order valence-electron chi connectivity index (χ2n) is 9.43. The summed E-state index contributed by atoms with van der Waals surface area (Å²) < 4.78 is 0. The van der Waals surface area contributed by atoms with Gasteiger partial charge in [0.2, 0.25) is 0 Å². The van der Waals surface area contributed by atoms with Crippen LogP contribution < -0.4 is 0 Å². The molecule has 0 spiro atoms. The van der Waals surface area contributed by atoms with E-state index >= 15 is 0 Å². The van der Waals surface area contributed by atoms with Crippen molar-refractivity contribution in [3.8, 4) is 5.69 Å². The van der Waals surface area contributed by atoms with Crippen LogP contribution in [0, 0.1) is 18.8 Å². The number of aromatic nitrogens is 4. The van der Waals surface area contributed by atoms with Gasteiger partial charge in [0.1, 0.15) is 5.69 Å². The maximum atomic E-state index is 14.0. The molecule has 7 rings (SSSR count). The van der Waals surface area contributed by atoms with E-state index in [4.69, 9.17) is 0 Å². The van der Waals surface area contributed by atoms with Gasteiger partial charge in [-0.15, -0.1) is 4.80 Å². The molecule has 1 aliphatic carbocycles. The highest BCUT2D eigenvalue weighted by Crippen LogP contribution is 2.47. The van der Waals surface area contributed by atoms with Crippen LogP contribution in [-0.2, 0) is 0 Å². The number of benzene rings is 1. The third-order valence-electron chi connectivity index (χ3n) is 7.58. The summed E-state index contributed by atoms with van der Waals surface area (Å²) in [4.78, 5) is 49.3. The lowest BCUT2D eigenvalue weighted by atomic mass is 9.64. The van der Waals surface area contributed by atoms with Gasteiger partial charge < -0.3 is 4.90 Å². The van der Waals surface area contributed by atoms with Gasteiger partial charge in [0.15, 0.2) is 5.69 Å². The van der Waals surface area contributed by atoms with Crippen LogP contribution in [0.3, 0.4) is 0 Å². The lowest BCUT2D eigenvalue weighted by molar-refractivity contribution is -0.0601. The molecule has 1 saturated carbocycles. The zero-order valence-electron chi connectivity index (χ0n) is 19.0. The van der Waals surface area contributed by atoms with Crippen molar-refractivity contribution in [2.24, 2.45) is 11.8 Å². The molecule has 2 unspecified atom stereocenters. The predicted octanol–water partition coefficient (Wildman–Crippen LogP) is 2.51. The highest BCUT2D eigenvalue weighted by molar-refractivity contribution is 6.21. The molecule has 9 nitrogen and oxygen atoms in total. The van der Waals surface area contributed by atoms with Crippen molar-refractivity contribution >= 4 is 17.7 Å². The molecule has 34 heavy (non-hydrogen) atoms. The maximum absolute atomic E-state index is 14.0. The Kier molecular flexibility index (Phi) is 4.62. The SMILES string of the molecule is Cc1ccc(-n2nccn2)c(C(=O)N2C3CC(C3)C(C)C2CN2C(=O)c3ccccc3C2=O)n1. The number of amides is 3. The summed E-state index contributed by atoms with van der Waals surface area (Å²) in [5.41, 5.74) is 2.35. The second-order valence-corrected chi connectivity index (χ2v) is 9.43. The van der Waals surface area contributed by atoms with E-state index in [9.17, 15) is 14.4 Å². The molecular weight excluding hydrogens is 432 g/mol. The third kappa shape index (κ3) is 2.99. The molecule has 2 saturated heterocycles. The fourth-order valence-electron chi connectivity index (χ4n) is 5.62. The van der Waals surface area contributed by atoms with E-state index in [-0.39, 0.29) is 48.0 Å². The molecule has 2 aromatic heterocycles. The first-order valence-corrected chi connectivity index (χ1v) is 11.6. The molecule has 172 valence electrons. The van der Waals surface area contributed by atoms with Crippen LogP contribution in [0.25, 0.3) is 5.69 Å². The fourth-order valence-corrected chi connectivity index (χ4v) is 5.62. The zero-order valence-corrected chi connectivity index (χ0v) is 19.0. The van der Waals surface area contributed by atoms with Gasteiger partial charge in [-0.25, -0.2) is 4.98 Å². The van der Waals surface area contributed by atoms with E-state index in [1.54, 1.807) is 42.7 Å². The molecule has 1 aromatic carbocycles. The van der Waals surface area contributed by atoms with Crippen LogP contribution in [0.5, 0.6) is 0 Å². The quantitative estimate of drug-likeness (QED) is 0.559. The first-order chi connectivity index (χ1) is 16.4. The molecule has 0 N–H and O–H groups in total. The van der Waals surface area contributed by atoms with Crippen LogP contribution in [0.4, 0.5) is 0 Å². The van der Waals surface area contributed by atoms with Gasteiger partial charge >= 0.3 is 0 Å². The minimum Gasteiger partial charge on any atom is -0.329 e. The lowest BCUT2D eigenvalue weighted by Gasteiger charge is -2.57. The Morgan fingerprint density at radius 1 is 1.00 bits per heavy atom. The molecule has 3 amide bonds. The van der Waals surface area contributed by atoms with Crippen molar-refractivity contribution in [1.29, 1.82) is 0 Å². The topological polar surface area (TPSA) is 101 Å². The summed E-state index contributed by atoms with van der Waals surface area (Å²) >= 11 is 0. The largest absolute Gasteiger partial charge is 0.329 e. The molecule has 3 fully saturated rings. The summed E-state index contributed by atoms with van der Waals surface area (Å²) in [5, 5.41) is 8.38. The van der Waals surface area contributed by atoms with Crippen molar-refractivity contribution in [2.75, 3.05) is 6.54 Å². The van der Waals surface area contributed by atoms with Crippen LogP contribution in [0.2, 0.25) is 0 Å². The average molecular weight is 457 g/mol. The lowest BCUT2D eigenvalue weighted by Crippen LogP contribution is -2.65. The Bertz CT molecular complexity index is 1280. The van der Waals surface area contributed by atoms with Crippen molar-refractivity contribution in [2.45, 2.75) is 38.8 Å². The monoisotopic (exact) mass is 456 g/mol. The number of nitrogens with zero attached hydrogens (tertiary/aromatic N) is 6. The second kappa shape index (κ2) is 7.58. The van der Waals surface area contributed by atoms with E-state index in [1.807, 2.05) is 17.9 Å². The van der Waals surface area contributed by atoms with E-state index in [2.05, 4.69) is 22.1 Å². The number of fused-ring (bicyclic) bond motifs is 3. The number of piperidine rings is 2. The van der Waals surface area contributed by atoms with Gasteiger partial charge in [-0.2, -0.15) is 10.2 Å². The highest BCUT2D eigenvalue weighted by Gasteiger charge is 2.52. The van der Waals surface area contributed by atoms with Gasteiger partial charge in [-0.1, -0.05) is 19.1 Å². The van der Waals surface area contributed by atoms with Crippen LogP contribution in [-0.4, -0.2) is 66.1 Å². The van der Waals surface area contributed by atoms with Gasteiger partial charge in [-0.05, 0) is 55.9 Å². The maximum Gasteiger partial charge on any atom is 0.275 e. The minimum absolute atomic E-state index is 0.0645. The van der Waals surface area contributed by atoms with E-state index < -0.39 is 0 Å². The molecule has 9 heteroatoms. The Morgan fingerprint density at radius 2 is 1.65 bits per heavy atom. The van der Waals surface area contributed by atoms with Crippen LogP contribution in [0.1, 0.15) is 56.7 Å². The van der Waals surface area contributed by atoms with Crippen molar-refractivity contribution in [1.82, 2.24) is 29.8 Å². The fraction of sp³-hybridized carbons (Fsp3) is 0.360. The number of carbonyl (C=O) groups excluding carboxylic acids is 3. The Hall–Kier alpha value is -3.88. The Morgan fingerprint density at radius 3 is 2.29 bits per heavy atom. The minimum atomic E-state index is -0.297. The molecule has 4 aliphatic rings. The third-order valence-corrected chi connectivity index (χ3v) is 7.58. The molecule has 0 radical (unpaired) electrons. The number of hydrogen-bond donors (Lipinski definition) is 0. The van der Waals surface area contributed by atoms with E-state index in [0.29, 0.717) is 28.4 Å². The standard InChI is InChI=1S/C25H24N6O3/c1-14-7-8-20(31-26-9-10-27-31)22(28-14)25(34)30-17-11-16(12-17)15(2)21(30)13-29-23(32)18-5-3-4-6-19(18)24(29)33/h3-10,15-17,21H,11-13H2,1-2H3. The summed E-state index contributed by atoms with van der Waals surface area (Å²) in [6.07, 6.45) is 4.96. The predicted molar refractivity (Wildman–Crippen MR) is 121 cm³/mol. The van der Waals surface area contributed by atoms with Gasteiger partial charge in [0.05, 0.1) is 36.1 Å². The van der Waals surface area contributed by atoms with Crippen molar-refractivity contribution < 1.29 is 14.4 Å². The summed E-state index contributed by atoms with van der Waals surface area (Å²) in [7, 11) is 0. The number of carbonyl (C=O) groups is 3. The van der Waals surface area contributed by atoms with Crippen molar-refractivity contribution in [3.63, 3.8) is 0 Å². The van der Waals surface area contributed by atoms with Gasteiger partial charge in [0, 0.05) is 11.7 Å². The molecule has 3 aromatic rings. The zero-order chi connectivity index (χ0) is 23.6. The number of imide groups is 1. The molecular formula is C25H24N6O3. The Balaban J connectivity index is 1.36. The number of pyridine rings is 1. The first-order valence-electron chi connectivity index (χ1n) is 11.6. The molecule has 2 bridgehead atoms. The van der Waals surface area contributed by atoms with E-state index in [0.717, 1.165) is 12.8 Å². The first kappa shape index (κ1) is 20.7. The van der Waals surface area contributed by atoms with Crippen LogP contribution in [0.15, 0.2) is 48.8 Å². The summed E-state index contributed by atoms with van der Waals surface area (Å²) in [5.74, 6) is -0.182. The van der Waals surface area contributed by atoms with Gasteiger partial charge in [-0.3, -0.25) is 19.3 Å². The summed E-state index contributed by atoms with van der Waals surface area (Å²) in [6, 6.07) is 10.3. The normalized spacial score (nSPS) is 25.4. The Labute approximate surface area is 196 Å². The van der Waals surface area contributed by atoms with E-state index in [1.165, 1.54) is 9.70 Å². The van der Waals surface area contributed by atoms with Crippen LogP contribution >= 0.6 is 0 Å². The average Bonchev–Trinajstić information content (AvgIpc) is 3.42. The number of aryl methyl sites for hydroxylation is 1. The smallest absolute Gasteiger partial charge is 0.275 e. The van der Waals surface area contributed by atoms with Gasteiger partial charge in [0.25, 0.3) is 17.7 Å². The summed E-state index contributed by atoms with van der Waals surface area (Å²) in [6.45, 7) is 4.13.